The standard InChI is InChI=1S/C16H16ClFN6/c1-9-7-15(24-23-9)21-14-8-13(17)20-16(22-14)19-10(2)11-3-5-12(18)6-4-11/h3-8,10H,1-2H3,(H3,19,20,21,22,23,24)/t10-/m0/s1. The van der Waals surface area contributed by atoms with Gasteiger partial charge in [0, 0.05) is 17.8 Å². The van der Waals surface area contributed by atoms with E-state index in [0.717, 1.165) is 11.3 Å². The first-order chi connectivity index (χ1) is 11.5. The molecule has 1 aromatic carbocycles. The van der Waals surface area contributed by atoms with Gasteiger partial charge in [0.05, 0.1) is 6.04 Å². The summed E-state index contributed by atoms with van der Waals surface area (Å²) in [4.78, 5) is 8.54. The fourth-order valence-corrected chi connectivity index (χ4v) is 2.37. The molecule has 0 saturated heterocycles. The van der Waals surface area contributed by atoms with Crippen LogP contribution in [0, 0.1) is 12.7 Å². The summed E-state index contributed by atoms with van der Waals surface area (Å²) in [7, 11) is 0. The minimum atomic E-state index is -0.272. The van der Waals surface area contributed by atoms with Crippen molar-refractivity contribution in [1.29, 1.82) is 0 Å². The normalized spacial score (nSPS) is 12.0. The highest BCUT2D eigenvalue weighted by molar-refractivity contribution is 6.29. The molecule has 0 bridgehead atoms. The highest BCUT2D eigenvalue weighted by Crippen LogP contribution is 2.22. The van der Waals surface area contributed by atoms with Crippen molar-refractivity contribution in [3.05, 3.63) is 58.6 Å². The first kappa shape index (κ1) is 16.2. The number of aryl methyl sites for hydroxylation is 1. The fourth-order valence-electron chi connectivity index (χ4n) is 2.19. The number of aromatic nitrogens is 4. The van der Waals surface area contributed by atoms with Crippen LogP contribution in [0.3, 0.4) is 0 Å². The molecule has 0 saturated carbocycles. The van der Waals surface area contributed by atoms with E-state index in [0.29, 0.717) is 22.7 Å². The lowest BCUT2D eigenvalue weighted by Crippen LogP contribution is -2.10. The van der Waals surface area contributed by atoms with Gasteiger partial charge in [-0.2, -0.15) is 10.1 Å². The van der Waals surface area contributed by atoms with Gasteiger partial charge in [-0.25, -0.2) is 9.37 Å². The molecule has 3 aromatic rings. The van der Waals surface area contributed by atoms with Crippen molar-refractivity contribution in [3.8, 4) is 0 Å². The number of H-pyrrole nitrogens is 1. The highest BCUT2D eigenvalue weighted by atomic mass is 35.5. The van der Waals surface area contributed by atoms with Gasteiger partial charge in [0.1, 0.15) is 16.8 Å². The molecule has 0 fully saturated rings. The van der Waals surface area contributed by atoms with Crippen LogP contribution < -0.4 is 10.6 Å². The van der Waals surface area contributed by atoms with E-state index in [2.05, 4.69) is 30.8 Å². The number of nitrogens with zero attached hydrogens (tertiary/aromatic N) is 3. The lowest BCUT2D eigenvalue weighted by molar-refractivity contribution is 0.626. The molecule has 0 spiro atoms. The zero-order valence-corrected chi connectivity index (χ0v) is 13.9. The van der Waals surface area contributed by atoms with E-state index in [1.54, 1.807) is 18.2 Å². The van der Waals surface area contributed by atoms with Gasteiger partial charge >= 0.3 is 0 Å². The van der Waals surface area contributed by atoms with Gasteiger partial charge in [-0.15, -0.1) is 0 Å². The predicted molar refractivity (Wildman–Crippen MR) is 92.1 cm³/mol. The molecule has 124 valence electrons. The quantitative estimate of drug-likeness (QED) is 0.603. The molecule has 0 amide bonds. The second-order valence-electron chi connectivity index (χ2n) is 5.38. The van der Waals surface area contributed by atoms with Gasteiger partial charge in [-0.3, -0.25) is 5.10 Å². The zero-order valence-electron chi connectivity index (χ0n) is 13.1. The third kappa shape index (κ3) is 3.99. The zero-order chi connectivity index (χ0) is 17.1. The molecule has 1 atom stereocenters. The number of rotatable bonds is 5. The molecule has 0 radical (unpaired) electrons. The fraction of sp³-hybridized carbons (Fsp3) is 0.188. The minimum Gasteiger partial charge on any atom is -0.348 e. The molecular formula is C16H16ClFN6. The number of nitrogens with one attached hydrogen (secondary N) is 3. The van der Waals surface area contributed by atoms with Gasteiger partial charge in [-0.1, -0.05) is 23.7 Å². The molecule has 2 aromatic heterocycles. The van der Waals surface area contributed by atoms with E-state index in [9.17, 15) is 4.39 Å². The Balaban J connectivity index is 1.76. The van der Waals surface area contributed by atoms with Crippen LogP contribution in [0.25, 0.3) is 0 Å². The van der Waals surface area contributed by atoms with Crippen LogP contribution in [0.4, 0.5) is 22.0 Å². The minimum absolute atomic E-state index is 0.107. The number of halogens is 2. The van der Waals surface area contributed by atoms with Gasteiger partial charge in [-0.05, 0) is 31.5 Å². The summed E-state index contributed by atoms with van der Waals surface area (Å²) in [6.07, 6.45) is 0. The first-order valence-corrected chi connectivity index (χ1v) is 7.73. The summed E-state index contributed by atoms with van der Waals surface area (Å²) >= 11 is 6.06. The van der Waals surface area contributed by atoms with E-state index >= 15 is 0 Å². The van der Waals surface area contributed by atoms with Crippen LogP contribution in [-0.2, 0) is 0 Å². The Morgan fingerprint density at radius 2 is 1.88 bits per heavy atom. The van der Waals surface area contributed by atoms with Crippen molar-refractivity contribution in [2.45, 2.75) is 19.9 Å². The largest absolute Gasteiger partial charge is 0.348 e. The lowest BCUT2D eigenvalue weighted by atomic mass is 10.1. The number of hydrogen-bond acceptors (Lipinski definition) is 5. The lowest BCUT2D eigenvalue weighted by Gasteiger charge is -2.15. The third-order valence-corrected chi connectivity index (χ3v) is 3.57. The monoisotopic (exact) mass is 346 g/mol. The summed E-state index contributed by atoms with van der Waals surface area (Å²) in [6, 6.07) is 9.61. The van der Waals surface area contributed by atoms with Crippen LogP contribution in [-0.4, -0.2) is 20.2 Å². The molecule has 0 unspecified atom stereocenters. The van der Waals surface area contributed by atoms with Crippen molar-refractivity contribution in [1.82, 2.24) is 20.2 Å². The Morgan fingerprint density at radius 1 is 1.12 bits per heavy atom. The van der Waals surface area contributed by atoms with E-state index in [1.807, 2.05) is 19.9 Å². The Bertz CT molecular complexity index is 833. The number of aromatic amines is 1. The molecule has 6 nitrogen and oxygen atoms in total. The second kappa shape index (κ2) is 6.84. The van der Waals surface area contributed by atoms with E-state index in [-0.39, 0.29) is 11.9 Å². The Morgan fingerprint density at radius 3 is 2.54 bits per heavy atom. The van der Waals surface area contributed by atoms with Crippen LogP contribution >= 0.6 is 11.6 Å². The van der Waals surface area contributed by atoms with Gasteiger partial charge in [0.15, 0.2) is 5.82 Å². The van der Waals surface area contributed by atoms with Crippen molar-refractivity contribution < 1.29 is 4.39 Å². The maximum Gasteiger partial charge on any atom is 0.226 e. The Hall–Kier alpha value is -2.67. The molecule has 0 aliphatic heterocycles. The predicted octanol–water partition coefficient (Wildman–Crippen LogP) is 4.22. The highest BCUT2D eigenvalue weighted by Gasteiger charge is 2.10. The molecule has 0 aliphatic carbocycles. The van der Waals surface area contributed by atoms with Crippen molar-refractivity contribution in [3.63, 3.8) is 0 Å². The number of hydrogen-bond donors (Lipinski definition) is 3. The van der Waals surface area contributed by atoms with Gasteiger partial charge in [0.25, 0.3) is 0 Å². The molecule has 2 heterocycles. The van der Waals surface area contributed by atoms with Crippen LogP contribution in [0.2, 0.25) is 5.15 Å². The van der Waals surface area contributed by atoms with Crippen LogP contribution in [0.1, 0.15) is 24.2 Å². The Labute approximate surface area is 143 Å². The number of anilines is 3. The molecular weight excluding hydrogens is 331 g/mol. The maximum atomic E-state index is 13.0. The van der Waals surface area contributed by atoms with Crippen molar-refractivity contribution in [2.24, 2.45) is 0 Å². The topological polar surface area (TPSA) is 78.5 Å². The van der Waals surface area contributed by atoms with Crippen LogP contribution in [0.5, 0.6) is 0 Å². The molecule has 3 rings (SSSR count). The summed E-state index contributed by atoms with van der Waals surface area (Å²) < 4.78 is 13.0. The SMILES string of the molecule is Cc1cc(Nc2cc(Cl)nc(N[C@@H](C)c3ccc(F)cc3)n2)n[nH]1. The maximum absolute atomic E-state index is 13.0. The van der Waals surface area contributed by atoms with E-state index < -0.39 is 0 Å². The first-order valence-electron chi connectivity index (χ1n) is 7.35. The molecule has 24 heavy (non-hydrogen) atoms. The Kier molecular flexibility index (Phi) is 4.61. The van der Waals surface area contributed by atoms with Crippen LogP contribution in [0.15, 0.2) is 36.4 Å². The summed E-state index contributed by atoms with van der Waals surface area (Å²) in [6.45, 7) is 3.84. The second-order valence-corrected chi connectivity index (χ2v) is 5.77. The molecule has 0 aliphatic rings. The van der Waals surface area contributed by atoms with Gasteiger partial charge < -0.3 is 10.6 Å². The summed E-state index contributed by atoms with van der Waals surface area (Å²) in [5.41, 5.74) is 1.85. The summed E-state index contributed by atoms with van der Waals surface area (Å²) in [5, 5.41) is 13.4. The average Bonchev–Trinajstić information content (AvgIpc) is 2.92. The van der Waals surface area contributed by atoms with Crippen molar-refractivity contribution in [2.75, 3.05) is 10.6 Å². The van der Waals surface area contributed by atoms with E-state index in [4.69, 9.17) is 11.6 Å². The molecule has 8 heteroatoms. The number of benzene rings is 1. The van der Waals surface area contributed by atoms with Gasteiger partial charge in [0.2, 0.25) is 5.95 Å². The van der Waals surface area contributed by atoms with Crippen molar-refractivity contribution >= 4 is 29.2 Å². The smallest absolute Gasteiger partial charge is 0.226 e. The van der Waals surface area contributed by atoms with E-state index in [1.165, 1.54) is 12.1 Å². The summed E-state index contributed by atoms with van der Waals surface area (Å²) in [5.74, 6) is 1.26. The third-order valence-electron chi connectivity index (χ3n) is 3.37. The average molecular weight is 347 g/mol. The molecule has 3 N–H and O–H groups in total.